The minimum atomic E-state index is -3.57. The topological polar surface area (TPSA) is 89.3 Å². The zero-order valence-corrected chi connectivity index (χ0v) is 15.9. The average molecular weight is 409 g/mol. The number of anilines is 1. The summed E-state index contributed by atoms with van der Waals surface area (Å²) in [6.07, 6.45) is 2.40. The molecule has 9 heteroatoms. The van der Waals surface area contributed by atoms with Crippen LogP contribution in [0.2, 0.25) is 5.02 Å². The maximum Gasteiger partial charge on any atom is 0.258 e. The van der Waals surface area contributed by atoms with Gasteiger partial charge in [-0.25, -0.2) is 17.8 Å². The van der Waals surface area contributed by atoms with Crippen molar-refractivity contribution >= 4 is 33.0 Å². The van der Waals surface area contributed by atoms with Crippen LogP contribution in [0.1, 0.15) is 16.2 Å². The normalized spacial score (nSPS) is 11.4. The smallest absolute Gasteiger partial charge is 0.258 e. The Morgan fingerprint density at radius 1 is 1.22 bits per heavy atom. The maximum atomic E-state index is 14.2. The van der Waals surface area contributed by atoms with Gasteiger partial charge < -0.3 is 9.73 Å². The minimum absolute atomic E-state index is 0.202. The van der Waals surface area contributed by atoms with Gasteiger partial charge in [-0.2, -0.15) is 0 Å². The number of amides is 1. The molecule has 0 fully saturated rings. The van der Waals surface area contributed by atoms with Gasteiger partial charge in [0.2, 0.25) is 0 Å². The monoisotopic (exact) mass is 408 g/mol. The molecule has 1 N–H and O–H groups in total. The van der Waals surface area contributed by atoms with Crippen molar-refractivity contribution in [1.29, 1.82) is 0 Å². The van der Waals surface area contributed by atoms with Crippen LogP contribution in [0.25, 0.3) is 11.3 Å². The zero-order chi connectivity index (χ0) is 19.8. The van der Waals surface area contributed by atoms with Crippen molar-refractivity contribution in [3.63, 3.8) is 0 Å². The van der Waals surface area contributed by atoms with Crippen LogP contribution in [-0.4, -0.2) is 25.6 Å². The first-order valence-electron chi connectivity index (χ1n) is 7.68. The molecule has 0 unspecified atom stereocenters. The molecule has 1 amide bonds. The number of nitrogens with one attached hydrogen (secondary N) is 1. The van der Waals surface area contributed by atoms with Gasteiger partial charge in [0, 0.05) is 24.4 Å². The van der Waals surface area contributed by atoms with Crippen LogP contribution in [0.4, 0.5) is 10.1 Å². The third kappa shape index (κ3) is 4.17. The van der Waals surface area contributed by atoms with E-state index in [1.54, 1.807) is 25.1 Å². The molecule has 0 spiro atoms. The van der Waals surface area contributed by atoms with E-state index in [1.807, 2.05) is 0 Å². The fourth-order valence-corrected chi connectivity index (χ4v) is 3.24. The van der Waals surface area contributed by atoms with E-state index < -0.39 is 21.6 Å². The first-order valence-corrected chi connectivity index (χ1v) is 9.95. The van der Waals surface area contributed by atoms with Crippen molar-refractivity contribution < 1.29 is 22.0 Å². The molecule has 1 aromatic heterocycles. The lowest BCUT2D eigenvalue weighted by atomic mass is 10.1. The SMILES string of the molecule is Cc1nc(-c2cc(NC(=O)c3ccc(S(C)(=O)=O)cc3F)ccc2Cl)co1. The van der Waals surface area contributed by atoms with Gasteiger partial charge in [-0.1, -0.05) is 11.6 Å². The van der Waals surface area contributed by atoms with Crippen molar-refractivity contribution in [3.8, 4) is 11.3 Å². The summed E-state index contributed by atoms with van der Waals surface area (Å²) in [5.41, 5.74) is 1.12. The van der Waals surface area contributed by atoms with E-state index in [2.05, 4.69) is 10.3 Å². The van der Waals surface area contributed by atoms with E-state index >= 15 is 0 Å². The van der Waals surface area contributed by atoms with E-state index in [9.17, 15) is 17.6 Å². The van der Waals surface area contributed by atoms with Gasteiger partial charge in [-0.05, 0) is 36.4 Å². The number of rotatable bonds is 4. The lowest BCUT2D eigenvalue weighted by molar-refractivity contribution is 0.102. The van der Waals surface area contributed by atoms with Gasteiger partial charge >= 0.3 is 0 Å². The molecule has 0 atom stereocenters. The highest BCUT2D eigenvalue weighted by molar-refractivity contribution is 7.90. The number of benzene rings is 2. The van der Waals surface area contributed by atoms with Crippen molar-refractivity contribution in [2.75, 3.05) is 11.6 Å². The number of oxazole rings is 1. The fourth-order valence-electron chi connectivity index (χ4n) is 2.40. The number of aryl methyl sites for hydroxylation is 1. The zero-order valence-electron chi connectivity index (χ0n) is 14.3. The highest BCUT2D eigenvalue weighted by atomic mass is 35.5. The number of nitrogens with zero attached hydrogens (tertiary/aromatic N) is 1. The molecule has 27 heavy (non-hydrogen) atoms. The Morgan fingerprint density at radius 2 is 1.96 bits per heavy atom. The van der Waals surface area contributed by atoms with Crippen LogP contribution in [0.15, 0.2) is 52.0 Å². The lowest BCUT2D eigenvalue weighted by Gasteiger charge is -2.09. The second-order valence-corrected chi connectivity index (χ2v) is 8.24. The van der Waals surface area contributed by atoms with E-state index in [-0.39, 0.29) is 10.5 Å². The molecule has 2 aromatic carbocycles. The first kappa shape index (κ1) is 19.1. The number of aromatic nitrogens is 1. The Kier molecular flexibility index (Phi) is 5.03. The molecule has 1 heterocycles. The summed E-state index contributed by atoms with van der Waals surface area (Å²) < 4.78 is 42.3. The molecule has 0 saturated carbocycles. The minimum Gasteiger partial charge on any atom is -0.449 e. The van der Waals surface area contributed by atoms with Crippen molar-refractivity contribution in [1.82, 2.24) is 4.98 Å². The molecule has 0 saturated heterocycles. The van der Waals surface area contributed by atoms with Crippen molar-refractivity contribution in [3.05, 3.63) is 65.0 Å². The van der Waals surface area contributed by atoms with E-state index in [0.717, 1.165) is 18.4 Å². The van der Waals surface area contributed by atoms with Crippen LogP contribution < -0.4 is 5.32 Å². The van der Waals surface area contributed by atoms with E-state index in [4.69, 9.17) is 16.0 Å². The van der Waals surface area contributed by atoms with Gasteiger partial charge in [0.25, 0.3) is 5.91 Å². The third-order valence-electron chi connectivity index (χ3n) is 3.73. The summed E-state index contributed by atoms with van der Waals surface area (Å²) in [7, 11) is -3.57. The first-order chi connectivity index (χ1) is 12.6. The Morgan fingerprint density at radius 3 is 2.56 bits per heavy atom. The molecule has 0 aliphatic heterocycles. The van der Waals surface area contributed by atoms with Crippen LogP contribution in [0, 0.1) is 12.7 Å². The Hall–Kier alpha value is -2.71. The Bertz CT molecular complexity index is 1140. The van der Waals surface area contributed by atoms with Gasteiger partial charge in [0.15, 0.2) is 15.7 Å². The van der Waals surface area contributed by atoms with Crippen LogP contribution >= 0.6 is 11.6 Å². The summed E-state index contributed by atoms with van der Waals surface area (Å²) in [6.45, 7) is 1.69. The molecule has 3 rings (SSSR count). The number of halogens is 2. The summed E-state index contributed by atoms with van der Waals surface area (Å²) in [5, 5.41) is 2.96. The van der Waals surface area contributed by atoms with Crippen molar-refractivity contribution in [2.45, 2.75) is 11.8 Å². The lowest BCUT2D eigenvalue weighted by Crippen LogP contribution is -2.14. The van der Waals surface area contributed by atoms with E-state index in [0.29, 0.717) is 27.9 Å². The highest BCUT2D eigenvalue weighted by Gasteiger charge is 2.17. The summed E-state index contributed by atoms with van der Waals surface area (Å²) in [6, 6.07) is 7.83. The number of hydrogen-bond acceptors (Lipinski definition) is 5. The number of sulfone groups is 1. The largest absolute Gasteiger partial charge is 0.449 e. The van der Waals surface area contributed by atoms with Crippen LogP contribution in [0.3, 0.4) is 0 Å². The molecule has 0 aliphatic carbocycles. The standard InChI is InChI=1S/C18H14ClFN2O4S/c1-10-21-17(9-26-10)14-7-11(3-6-15(14)19)22-18(23)13-5-4-12(8-16(13)20)27(2,24)25/h3-9H,1-2H3,(H,22,23). The predicted octanol–water partition coefficient (Wildman–Crippen LogP) is 4.10. The van der Waals surface area contributed by atoms with Crippen LogP contribution in [0.5, 0.6) is 0 Å². The summed E-state index contributed by atoms with van der Waals surface area (Å²) in [5.74, 6) is -1.20. The van der Waals surface area contributed by atoms with Gasteiger partial charge in [-0.3, -0.25) is 4.79 Å². The quantitative estimate of drug-likeness (QED) is 0.702. The Labute approximate surface area is 159 Å². The number of hydrogen-bond donors (Lipinski definition) is 1. The molecule has 0 aliphatic rings. The number of carbonyl (C=O) groups excluding carboxylic acids is 1. The van der Waals surface area contributed by atoms with Crippen molar-refractivity contribution in [2.24, 2.45) is 0 Å². The molecule has 0 radical (unpaired) electrons. The van der Waals surface area contributed by atoms with Gasteiger partial charge in [-0.15, -0.1) is 0 Å². The number of carbonyl (C=O) groups is 1. The molecule has 0 bridgehead atoms. The van der Waals surface area contributed by atoms with Gasteiger partial charge in [0.05, 0.1) is 15.5 Å². The molecular formula is C18H14ClFN2O4S. The maximum absolute atomic E-state index is 14.2. The Balaban J connectivity index is 1.89. The molecular weight excluding hydrogens is 395 g/mol. The third-order valence-corrected chi connectivity index (χ3v) is 5.17. The van der Waals surface area contributed by atoms with Crippen LogP contribution in [-0.2, 0) is 9.84 Å². The highest BCUT2D eigenvalue weighted by Crippen LogP contribution is 2.30. The predicted molar refractivity (Wildman–Crippen MR) is 99.1 cm³/mol. The summed E-state index contributed by atoms with van der Waals surface area (Å²) in [4.78, 5) is 16.3. The fraction of sp³-hybridized carbons (Fsp3) is 0.111. The second-order valence-electron chi connectivity index (χ2n) is 5.81. The summed E-state index contributed by atoms with van der Waals surface area (Å²) >= 11 is 6.17. The second kappa shape index (κ2) is 7.13. The molecule has 3 aromatic rings. The molecule has 140 valence electrons. The average Bonchev–Trinajstić information content (AvgIpc) is 3.01. The van der Waals surface area contributed by atoms with Gasteiger partial charge in [0.1, 0.15) is 17.8 Å². The van der Waals surface area contributed by atoms with E-state index in [1.165, 1.54) is 12.3 Å². The molecule has 6 nitrogen and oxygen atoms in total.